The molecule has 1 aromatic heterocycles. The van der Waals surface area contributed by atoms with E-state index in [1.165, 1.54) is 18.5 Å². The molecule has 1 saturated heterocycles. The van der Waals surface area contributed by atoms with Gasteiger partial charge >= 0.3 is 0 Å². The molecule has 1 fully saturated rings. The lowest BCUT2D eigenvalue weighted by molar-refractivity contribution is 0.232. The van der Waals surface area contributed by atoms with Crippen LogP contribution in [0.4, 0.5) is 0 Å². The predicted octanol–water partition coefficient (Wildman–Crippen LogP) is 3.32. The highest BCUT2D eigenvalue weighted by molar-refractivity contribution is 5.20. The van der Waals surface area contributed by atoms with Crippen LogP contribution in [0.3, 0.4) is 0 Å². The van der Waals surface area contributed by atoms with Gasteiger partial charge in [-0.2, -0.15) is 0 Å². The van der Waals surface area contributed by atoms with Crippen molar-refractivity contribution in [1.29, 1.82) is 0 Å². The minimum Gasteiger partial charge on any atom is -0.463 e. The molecule has 1 aliphatic rings. The van der Waals surface area contributed by atoms with Crippen LogP contribution >= 0.6 is 0 Å². The number of rotatable bonds is 6. The average Bonchev–Trinajstić information content (AvgIpc) is 2.84. The van der Waals surface area contributed by atoms with Gasteiger partial charge in [-0.3, -0.25) is 4.90 Å². The monoisotopic (exact) mass is 264 g/mol. The van der Waals surface area contributed by atoms with Gasteiger partial charge < -0.3 is 9.73 Å². The fourth-order valence-corrected chi connectivity index (χ4v) is 3.03. The van der Waals surface area contributed by atoms with Crippen molar-refractivity contribution < 1.29 is 4.42 Å². The Bertz CT molecular complexity index is 399. The quantitative estimate of drug-likeness (QED) is 0.799. The molecule has 3 heteroatoms. The molecule has 1 N–H and O–H groups in total. The van der Waals surface area contributed by atoms with Gasteiger partial charge in [0.15, 0.2) is 0 Å². The minimum absolute atomic E-state index is 0.682. The molecule has 0 radical (unpaired) electrons. The second-order valence-corrected chi connectivity index (χ2v) is 6.12. The first kappa shape index (κ1) is 14.6. The third kappa shape index (κ3) is 3.83. The highest BCUT2D eigenvalue weighted by atomic mass is 16.3. The summed E-state index contributed by atoms with van der Waals surface area (Å²) in [5.41, 5.74) is 1.28. The van der Waals surface area contributed by atoms with E-state index in [1.54, 1.807) is 0 Å². The molecule has 0 amide bonds. The van der Waals surface area contributed by atoms with Crippen LogP contribution in [0, 0.1) is 12.8 Å². The summed E-state index contributed by atoms with van der Waals surface area (Å²) in [6.07, 6.45) is 2.47. The maximum atomic E-state index is 6.00. The van der Waals surface area contributed by atoms with Gasteiger partial charge in [0, 0.05) is 12.6 Å². The number of nitrogens with zero attached hydrogens (tertiary/aromatic N) is 1. The number of hydrogen-bond donors (Lipinski definition) is 1. The van der Waals surface area contributed by atoms with Crippen molar-refractivity contribution in [3.8, 4) is 0 Å². The molecule has 0 aliphatic carbocycles. The lowest BCUT2D eigenvalue weighted by Gasteiger charge is -2.19. The summed E-state index contributed by atoms with van der Waals surface area (Å²) in [5.74, 6) is 3.03. The molecular formula is C16H28N2O. The van der Waals surface area contributed by atoms with Gasteiger partial charge in [0.05, 0.1) is 13.1 Å². The van der Waals surface area contributed by atoms with Crippen molar-refractivity contribution >= 4 is 0 Å². The first-order valence-corrected chi connectivity index (χ1v) is 7.63. The van der Waals surface area contributed by atoms with Crippen LogP contribution < -0.4 is 5.32 Å². The first-order chi connectivity index (χ1) is 9.10. The van der Waals surface area contributed by atoms with E-state index < -0.39 is 0 Å². The Kier molecular flexibility index (Phi) is 5.06. The molecule has 1 aromatic rings. The zero-order valence-corrected chi connectivity index (χ0v) is 12.8. The highest BCUT2D eigenvalue weighted by Crippen LogP contribution is 2.25. The molecule has 0 bridgehead atoms. The standard InChI is InChI=1S/C16H28N2O/c1-5-6-17-9-16-13(3)8-15(19-16)11-18-10-12(2)7-14(18)4/h8,12,14,17H,5-7,9-11H2,1-4H3. The molecule has 0 aromatic carbocycles. The van der Waals surface area contributed by atoms with E-state index >= 15 is 0 Å². The molecule has 2 atom stereocenters. The van der Waals surface area contributed by atoms with E-state index in [2.05, 4.69) is 44.0 Å². The fraction of sp³-hybridized carbons (Fsp3) is 0.750. The second-order valence-electron chi connectivity index (χ2n) is 6.12. The summed E-state index contributed by atoms with van der Waals surface area (Å²) in [6.45, 7) is 13.1. The van der Waals surface area contributed by atoms with Crippen LogP contribution in [0.15, 0.2) is 10.5 Å². The normalized spacial score (nSPS) is 24.2. The molecule has 108 valence electrons. The molecular weight excluding hydrogens is 236 g/mol. The number of furan rings is 1. The SMILES string of the molecule is CCCNCc1oc(CN2CC(C)CC2C)cc1C. The molecule has 3 nitrogen and oxygen atoms in total. The Hall–Kier alpha value is -0.800. The Morgan fingerprint density at radius 1 is 1.42 bits per heavy atom. The minimum atomic E-state index is 0.682. The average molecular weight is 264 g/mol. The number of nitrogens with one attached hydrogen (secondary N) is 1. The number of likely N-dealkylation sites (tertiary alicyclic amines) is 1. The van der Waals surface area contributed by atoms with E-state index in [9.17, 15) is 0 Å². The summed E-state index contributed by atoms with van der Waals surface area (Å²) < 4.78 is 6.00. The Balaban J connectivity index is 1.92. The lowest BCUT2D eigenvalue weighted by atomic mass is 10.1. The zero-order valence-electron chi connectivity index (χ0n) is 12.8. The maximum absolute atomic E-state index is 6.00. The van der Waals surface area contributed by atoms with Crippen LogP contribution in [-0.4, -0.2) is 24.0 Å². The van der Waals surface area contributed by atoms with Crippen molar-refractivity contribution in [1.82, 2.24) is 10.2 Å². The van der Waals surface area contributed by atoms with Gasteiger partial charge in [-0.05, 0) is 50.8 Å². The number of aryl methyl sites for hydroxylation is 1. The van der Waals surface area contributed by atoms with Gasteiger partial charge in [-0.15, -0.1) is 0 Å². The summed E-state index contributed by atoms with van der Waals surface area (Å²) in [4.78, 5) is 2.53. The molecule has 2 rings (SSSR count). The lowest BCUT2D eigenvalue weighted by Crippen LogP contribution is -2.26. The molecule has 2 heterocycles. The largest absolute Gasteiger partial charge is 0.463 e. The zero-order chi connectivity index (χ0) is 13.8. The van der Waals surface area contributed by atoms with Gasteiger partial charge in [0.2, 0.25) is 0 Å². The van der Waals surface area contributed by atoms with E-state index in [4.69, 9.17) is 4.42 Å². The first-order valence-electron chi connectivity index (χ1n) is 7.63. The van der Waals surface area contributed by atoms with Crippen molar-refractivity contribution in [2.45, 2.75) is 59.7 Å². The van der Waals surface area contributed by atoms with Crippen LogP contribution in [0.5, 0.6) is 0 Å². The second kappa shape index (κ2) is 6.58. The van der Waals surface area contributed by atoms with Crippen LogP contribution in [0.2, 0.25) is 0 Å². The molecule has 19 heavy (non-hydrogen) atoms. The van der Waals surface area contributed by atoms with Crippen LogP contribution in [-0.2, 0) is 13.1 Å². The van der Waals surface area contributed by atoms with Gasteiger partial charge in [-0.25, -0.2) is 0 Å². The van der Waals surface area contributed by atoms with E-state index in [-0.39, 0.29) is 0 Å². The Labute approximate surface area is 117 Å². The van der Waals surface area contributed by atoms with Crippen LogP contribution in [0.1, 0.15) is 50.7 Å². The van der Waals surface area contributed by atoms with Crippen molar-refractivity contribution in [3.05, 3.63) is 23.2 Å². The van der Waals surface area contributed by atoms with Crippen molar-refractivity contribution in [3.63, 3.8) is 0 Å². The summed E-state index contributed by atoms with van der Waals surface area (Å²) in [5, 5.41) is 3.41. The third-order valence-corrected chi connectivity index (χ3v) is 4.06. The van der Waals surface area contributed by atoms with Crippen molar-refractivity contribution in [2.24, 2.45) is 5.92 Å². The van der Waals surface area contributed by atoms with Gasteiger partial charge in [0.1, 0.15) is 11.5 Å². The van der Waals surface area contributed by atoms with Gasteiger partial charge in [-0.1, -0.05) is 13.8 Å². The maximum Gasteiger partial charge on any atom is 0.120 e. The molecule has 2 unspecified atom stereocenters. The fourth-order valence-electron chi connectivity index (χ4n) is 3.03. The van der Waals surface area contributed by atoms with Crippen molar-refractivity contribution in [2.75, 3.05) is 13.1 Å². The topological polar surface area (TPSA) is 28.4 Å². The predicted molar refractivity (Wildman–Crippen MR) is 79.1 cm³/mol. The number of hydrogen-bond acceptors (Lipinski definition) is 3. The Morgan fingerprint density at radius 3 is 2.84 bits per heavy atom. The summed E-state index contributed by atoms with van der Waals surface area (Å²) in [6, 6.07) is 2.89. The van der Waals surface area contributed by atoms with E-state index in [0.29, 0.717) is 6.04 Å². The smallest absolute Gasteiger partial charge is 0.120 e. The molecule has 0 saturated carbocycles. The summed E-state index contributed by atoms with van der Waals surface area (Å²) in [7, 11) is 0. The van der Waals surface area contributed by atoms with Gasteiger partial charge in [0.25, 0.3) is 0 Å². The Morgan fingerprint density at radius 2 is 2.21 bits per heavy atom. The van der Waals surface area contributed by atoms with Crippen LogP contribution in [0.25, 0.3) is 0 Å². The summed E-state index contributed by atoms with van der Waals surface area (Å²) >= 11 is 0. The molecule has 1 aliphatic heterocycles. The highest BCUT2D eigenvalue weighted by Gasteiger charge is 2.26. The molecule has 0 spiro atoms. The van der Waals surface area contributed by atoms with E-state index in [0.717, 1.165) is 43.5 Å². The van der Waals surface area contributed by atoms with E-state index in [1.807, 2.05) is 0 Å². The third-order valence-electron chi connectivity index (χ3n) is 4.06.